The van der Waals surface area contributed by atoms with Crippen LogP contribution in [0.5, 0.6) is 0 Å². The Bertz CT molecular complexity index is 453. The molecule has 4 rings (SSSR count). The summed E-state index contributed by atoms with van der Waals surface area (Å²) < 4.78 is 0. The molecule has 0 N–H and O–H groups in total. The Balaban J connectivity index is 0.000000204. The van der Waals surface area contributed by atoms with E-state index >= 15 is 0 Å². The monoisotopic (exact) mass is 435 g/mol. The fraction of sp³-hybridized carbons (Fsp3) is 1.00. The highest BCUT2D eigenvalue weighted by atomic mass is 15.2. The number of piperidine rings is 3. The van der Waals surface area contributed by atoms with Crippen molar-refractivity contribution in [2.24, 2.45) is 10.8 Å². The molecule has 0 aromatic rings. The maximum atomic E-state index is 2.65. The summed E-state index contributed by atoms with van der Waals surface area (Å²) in [6.07, 6.45) is 16.3. The zero-order valence-corrected chi connectivity index (χ0v) is 22.5. The molecule has 3 heterocycles. The second-order valence-corrected chi connectivity index (χ2v) is 11.6. The van der Waals surface area contributed by atoms with E-state index in [0.29, 0.717) is 0 Å². The zero-order chi connectivity index (χ0) is 22.9. The van der Waals surface area contributed by atoms with Gasteiger partial charge >= 0.3 is 0 Å². The van der Waals surface area contributed by atoms with Crippen LogP contribution < -0.4 is 0 Å². The van der Waals surface area contributed by atoms with Gasteiger partial charge < -0.3 is 14.7 Å². The lowest BCUT2D eigenvalue weighted by Crippen LogP contribution is -2.47. The van der Waals surface area contributed by atoms with Crippen LogP contribution in [0.25, 0.3) is 0 Å². The average Bonchev–Trinajstić information content (AvgIpc) is 2.79. The Morgan fingerprint density at radius 1 is 0.484 bits per heavy atom. The van der Waals surface area contributed by atoms with Gasteiger partial charge in [-0.25, -0.2) is 0 Å². The molecule has 0 atom stereocenters. The lowest BCUT2D eigenvalue weighted by Gasteiger charge is -2.47. The molecule has 0 amide bonds. The van der Waals surface area contributed by atoms with Gasteiger partial charge in [0.25, 0.3) is 0 Å². The Kier molecular flexibility index (Phi) is 11.3. The van der Waals surface area contributed by atoms with Crippen LogP contribution in [0.1, 0.15) is 112 Å². The van der Waals surface area contributed by atoms with E-state index in [1.54, 1.807) is 0 Å². The van der Waals surface area contributed by atoms with Gasteiger partial charge in [0.2, 0.25) is 0 Å². The van der Waals surface area contributed by atoms with Crippen LogP contribution in [-0.2, 0) is 0 Å². The van der Waals surface area contributed by atoms with Crippen LogP contribution in [0.4, 0.5) is 0 Å². The second kappa shape index (κ2) is 12.9. The third kappa shape index (κ3) is 8.00. The van der Waals surface area contributed by atoms with E-state index in [0.717, 1.165) is 22.9 Å². The summed E-state index contributed by atoms with van der Waals surface area (Å²) in [5.41, 5.74) is 1.50. The highest BCUT2D eigenvalue weighted by Gasteiger charge is 2.37. The Labute approximate surface area is 196 Å². The molecule has 0 bridgehead atoms. The molecule has 3 aliphatic heterocycles. The van der Waals surface area contributed by atoms with Crippen molar-refractivity contribution in [3.8, 4) is 0 Å². The first kappa shape index (κ1) is 27.1. The van der Waals surface area contributed by atoms with E-state index in [9.17, 15) is 0 Å². The molecule has 3 nitrogen and oxygen atoms in total. The molecule has 1 saturated carbocycles. The molecule has 3 heteroatoms. The van der Waals surface area contributed by atoms with Crippen molar-refractivity contribution in [3.05, 3.63) is 0 Å². The van der Waals surface area contributed by atoms with Gasteiger partial charge in [-0.15, -0.1) is 0 Å². The summed E-state index contributed by atoms with van der Waals surface area (Å²) in [5.74, 6) is 0. The summed E-state index contributed by atoms with van der Waals surface area (Å²) in [6.45, 7) is 21.3. The lowest BCUT2D eigenvalue weighted by atomic mass is 9.68. The summed E-state index contributed by atoms with van der Waals surface area (Å²) >= 11 is 0. The van der Waals surface area contributed by atoms with Crippen molar-refractivity contribution in [1.29, 1.82) is 0 Å². The SMILES string of the molecule is CC.CC(C)N1CCC2(CCCCC2)CC1.CC(C)N1CCC2(CCN(C)CC2)CC1. The van der Waals surface area contributed by atoms with E-state index in [1.165, 1.54) is 110 Å². The smallest absolute Gasteiger partial charge is 0.00385 e. The molecule has 3 saturated heterocycles. The van der Waals surface area contributed by atoms with Crippen molar-refractivity contribution < 1.29 is 0 Å². The summed E-state index contributed by atoms with van der Waals surface area (Å²) in [7, 11) is 2.26. The van der Waals surface area contributed by atoms with Crippen LogP contribution in [0.2, 0.25) is 0 Å². The van der Waals surface area contributed by atoms with Gasteiger partial charge in [0.05, 0.1) is 0 Å². The van der Waals surface area contributed by atoms with Crippen LogP contribution >= 0.6 is 0 Å². The topological polar surface area (TPSA) is 9.72 Å². The van der Waals surface area contributed by atoms with Crippen LogP contribution in [0.15, 0.2) is 0 Å². The van der Waals surface area contributed by atoms with Gasteiger partial charge in [-0.05, 0) is 136 Å². The molecule has 184 valence electrons. The highest BCUT2D eigenvalue weighted by Crippen LogP contribution is 2.44. The van der Waals surface area contributed by atoms with E-state index < -0.39 is 0 Å². The normalized spacial score (nSPS) is 27.0. The van der Waals surface area contributed by atoms with E-state index in [1.807, 2.05) is 13.8 Å². The van der Waals surface area contributed by atoms with Gasteiger partial charge in [-0.3, -0.25) is 0 Å². The minimum Gasteiger partial charge on any atom is -0.306 e. The first-order chi connectivity index (χ1) is 14.8. The molecule has 4 fully saturated rings. The molecular formula is C28H57N3. The molecular weight excluding hydrogens is 378 g/mol. The number of hydrogen-bond donors (Lipinski definition) is 0. The predicted octanol–water partition coefficient (Wildman–Crippen LogP) is 6.67. The summed E-state index contributed by atoms with van der Waals surface area (Å²) in [6, 6.07) is 1.50. The molecule has 1 aliphatic carbocycles. The number of nitrogens with zero attached hydrogens (tertiary/aromatic N) is 3. The molecule has 4 aliphatic rings. The standard InChI is InChI=1S/C13H26N2.C13H25N.C2H6/c1-12(2)15-10-6-13(7-11-15)4-8-14(3)9-5-13;1-12(2)14-10-8-13(9-11-14)6-4-3-5-7-13;1-2/h12H,4-11H2,1-3H3;12H,3-11H2,1-2H3;1-2H3. The van der Waals surface area contributed by atoms with Crippen molar-refractivity contribution >= 4 is 0 Å². The third-order valence-electron chi connectivity index (χ3n) is 9.14. The number of rotatable bonds is 2. The predicted molar refractivity (Wildman–Crippen MR) is 138 cm³/mol. The van der Waals surface area contributed by atoms with Crippen molar-refractivity contribution in [3.63, 3.8) is 0 Å². The van der Waals surface area contributed by atoms with Crippen LogP contribution in [0.3, 0.4) is 0 Å². The lowest BCUT2D eigenvalue weighted by molar-refractivity contribution is 0.0319. The first-order valence-corrected chi connectivity index (χ1v) is 14.0. The van der Waals surface area contributed by atoms with E-state index in [4.69, 9.17) is 0 Å². The number of hydrogen-bond acceptors (Lipinski definition) is 3. The molecule has 0 aromatic heterocycles. The molecule has 0 radical (unpaired) electrons. The molecule has 0 unspecified atom stereocenters. The fourth-order valence-corrected chi connectivity index (χ4v) is 6.42. The van der Waals surface area contributed by atoms with Gasteiger partial charge in [0.1, 0.15) is 0 Å². The van der Waals surface area contributed by atoms with Crippen LogP contribution in [0, 0.1) is 10.8 Å². The Hall–Kier alpha value is -0.120. The quantitative estimate of drug-likeness (QED) is 0.479. The Morgan fingerprint density at radius 3 is 1.16 bits per heavy atom. The largest absolute Gasteiger partial charge is 0.306 e. The fourth-order valence-electron chi connectivity index (χ4n) is 6.42. The maximum absolute atomic E-state index is 2.65. The van der Waals surface area contributed by atoms with E-state index in [-0.39, 0.29) is 0 Å². The van der Waals surface area contributed by atoms with E-state index in [2.05, 4.69) is 49.4 Å². The Morgan fingerprint density at radius 2 is 0.806 bits per heavy atom. The van der Waals surface area contributed by atoms with Crippen LogP contribution in [-0.4, -0.2) is 73.1 Å². The van der Waals surface area contributed by atoms with Gasteiger partial charge in [-0.2, -0.15) is 0 Å². The molecule has 2 spiro atoms. The van der Waals surface area contributed by atoms with Crippen molar-refractivity contribution in [2.75, 3.05) is 46.3 Å². The maximum Gasteiger partial charge on any atom is 0.00385 e. The van der Waals surface area contributed by atoms with Crippen molar-refractivity contribution in [2.45, 2.75) is 124 Å². The first-order valence-electron chi connectivity index (χ1n) is 14.0. The summed E-state index contributed by atoms with van der Waals surface area (Å²) in [4.78, 5) is 7.78. The number of likely N-dealkylation sites (tertiary alicyclic amines) is 3. The minimum absolute atomic E-state index is 0.720. The highest BCUT2D eigenvalue weighted by molar-refractivity contribution is 4.91. The van der Waals surface area contributed by atoms with Gasteiger partial charge in [0.15, 0.2) is 0 Å². The minimum atomic E-state index is 0.720. The molecule has 0 aromatic carbocycles. The zero-order valence-electron chi connectivity index (χ0n) is 22.5. The van der Waals surface area contributed by atoms with Crippen molar-refractivity contribution in [1.82, 2.24) is 14.7 Å². The molecule has 31 heavy (non-hydrogen) atoms. The van der Waals surface area contributed by atoms with Gasteiger partial charge in [0, 0.05) is 12.1 Å². The average molecular weight is 436 g/mol. The summed E-state index contributed by atoms with van der Waals surface area (Å²) in [5, 5.41) is 0. The van der Waals surface area contributed by atoms with Gasteiger partial charge in [-0.1, -0.05) is 33.1 Å². The third-order valence-corrected chi connectivity index (χ3v) is 9.14. The second-order valence-electron chi connectivity index (χ2n) is 11.6.